The van der Waals surface area contributed by atoms with E-state index in [0.717, 1.165) is 63.9 Å². The number of nitrogens with one attached hydrogen (secondary N) is 1. The molecule has 0 aliphatic carbocycles. The summed E-state index contributed by atoms with van der Waals surface area (Å²) in [6.45, 7) is 6.67. The van der Waals surface area contributed by atoms with Gasteiger partial charge in [-0.2, -0.15) is 13.2 Å². The number of hydrogen-bond acceptors (Lipinski definition) is 9. The van der Waals surface area contributed by atoms with Crippen LogP contribution in [0.1, 0.15) is 36.4 Å². The second-order valence-corrected chi connectivity index (χ2v) is 11.5. The van der Waals surface area contributed by atoms with Crippen molar-refractivity contribution in [2.24, 2.45) is 0 Å². The minimum absolute atomic E-state index is 0.102. The molecule has 1 aromatic heterocycles. The Balaban J connectivity index is 1.14. The number of methoxy groups -OCH3 is 1. The van der Waals surface area contributed by atoms with E-state index in [1.807, 2.05) is 12.1 Å². The van der Waals surface area contributed by atoms with Crippen LogP contribution in [0, 0.1) is 5.82 Å². The second kappa shape index (κ2) is 12.7. The fourth-order valence-corrected chi connectivity index (χ4v) is 6.33. The summed E-state index contributed by atoms with van der Waals surface area (Å²) in [5.41, 5.74) is 0.372. The van der Waals surface area contributed by atoms with Crippen molar-refractivity contribution in [3.63, 3.8) is 0 Å². The third-order valence-electron chi connectivity index (χ3n) is 8.81. The molecule has 3 aliphatic rings. The minimum Gasteiger partial charge on any atom is -0.494 e. The summed E-state index contributed by atoms with van der Waals surface area (Å²) in [6.07, 6.45) is -0.928. The molecule has 0 saturated carbocycles. The number of alkyl halides is 3. The Kier molecular flexibility index (Phi) is 8.79. The van der Waals surface area contributed by atoms with Crippen LogP contribution in [0.5, 0.6) is 5.75 Å². The molecule has 44 heavy (non-hydrogen) atoms. The third-order valence-corrected chi connectivity index (χ3v) is 8.81. The maximum Gasteiger partial charge on any atom is 0.419 e. The number of rotatable bonds is 7. The van der Waals surface area contributed by atoms with Crippen molar-refractivity contribution in [3.8, 4) is 5.75 Å². The van der Waals surface area contributed by atoms with Crippen LogP contribution in [-0.2, 0) is 11.0 Å². The van der Waals surface area contributed by atoms with Gasteiger partial charge in [0.05, 0.1) is 31.0 Å². The van der Waals surface area contributed by atoms with Crippen LogP contribution in [0.15, 0.2) is 48.8 Å². The first-order valence-corrected chi connectivity index (χ1v) is 14.9. The highest BCUT2D eigenvalue weighted by Gasteiger charge is 2.38. The SMILES string of the molecule is COc1cc(N2CCC(N3CCN(C)CC3)CC2)ccc1Nc1cc(N2OCC[C@@H]2c2cccc(C(F)(F)F)c2F)ncn1. The molecule has 0 unspecified atom stereocenters. The molecule has 0 radical (unpaired) electrons. The lowest BCUT2D eigenvalue weighted by atomic mass is 10.0. The van der Waals surface area contributed by atoms with Gasteiger partial charge in [-0.15, -0.1) is 0 Å². The Morgan fingerprint density at radius 1 is 0.955 bits per heavy atom. The molecular formula is C31H37F4N7O2. The lowest BCUT2D eigenvalue weighted by molar-refractivity contribution is -0.140. The van der Waals surface area contributed by atoms with Crippen LogP contribution in [0.25, 0.3) is 0 Å². The van der Waals surface area contributed by atoms with Crippen molar-refractivity contribution < 1.29 is 27.1 Å². The normalized spacial score (nSPS) is 20.7. The molecule has 6 rings (SSSR count). The van der Waals surface area contributed by atoms with Gasteiger partial charge in [0.2, 0.25) is 0 Å². The number of nitrogens with zero attached hydrogens (tertiary/aromatic N) is 6. The molecule has 3 saturated heterocycles. The number of likely N-dealkylation sites (N-methyl/N-ethyl adjacent to an activating group) is 1. The molecule has 2 aromatic carbocycles. The standard InChI is InChI=1S/C31H37F4N7O2/c1-39-13-15-41(16-14-39)21-8-11-40(12-9-21)22-6-7-25(27(18-22)43-2)38-28-19-29(37-20-36-28)42-26(10-17-44-42)23-4-3-5-24(30(23)32)31(33,34)35/h3-7,18-21,26H,8-17H2,1-2H3,(H,36,37,38)/t26-/m1/s1. The van der Waals surface area contributed by atoms with Gasteiger partial charge in [-0.25, -0.2) is 19.4 Å². The lowest BCUT2D eigenvalue weighted by Gasteiger charge is -2.42. The third kappa shape index (κ3) is 6.40. The van der Waals surface area contributed by atoms with E-state index in [1.165, 1.54) is 23.5 Å². The molecule has 3 aliphatic heterocycles. The lowest BCUT2D eigenvalue weighted by Crippen LogP contribution is -2.52. The topological polar surface area (TPSA) is 69.2 Å². The number of piperidine rings is 1. The van der Waals surface area contributed by atoms with Crippen molar-refractivity contribution in [2.45, 2.75) is 37.5 Å². The van der Waals surface area contributed by atoms with Gasteiger partial charge in [0.15, 0.2) is 5.82 Å². The Morgan fingerprint density at radius 3 is 2.45 bits per heavy atom. The first kappa shape index (κ1) is 30.4. The van der Waals surface area contributed by atoms with E-state index in [4.69, 9.17) is 9.57 Å². The summed E-state index contributed by atoms with van der Waals surface area (Å²) in [5.74, 6) is 0.0555. The van der Waals surface area contributed by atoms with Crippen molar-refractivity contribution in [1.82, 2.24) is 19.8 Å². The maximum atomic E-state index is 15.0. The van der Waals surface area contributed by atoms with Gasteiger partial charge in [0.1, 0.15) is 23.7 Å². The number of hydroxylamine groups is 1. The zero-order chi connectivity index (χ0) is 30.8. The predicted molar refractivity (Wildman–Crippen MR) is 160 cm³/mol. The molecule has 3 aromatic rings. The zero-order valence-electron chi connectivity index (χ0n) is 24.9. The van der Waals surface area contributed by atoms with Crippen molar-refractivity contribution in [1.29, 1.82) is 0 Å². The summed E-state index contributed by atoms with van der Waals surface area (Å²) < 4.78 is 60.8. The molecule has 4 heterocycles. The van der Waals surface area contributed by atoms with Gasteiger partial charge < -0.3 is 19.9 Å². The molecule has 0 bridgehead atoms. The van der Waals surface area contributed by atoms with Crippen LogP contribution in [0.4, 0.5) is 40.6 Å². The number of ether oxygens (including phenoxy) is 1. The molecule has 0 spiro atoms. The van der Waals surface area contributed by atoms with E-state index in [2.05, 4.69) is 43.1 Å². The molecule has 236 valence electrons. The van der Waals surface area contributed by atoms with Crippen LogP contribution >= 0.6 is 0 Å². The average molecular weight is 616 g/mol. The first-order valence-electron chi connectivity index (χ1n) is 14.9. The monoisotopic (exact) mass is 615 g/mol. The van der Waals surface area contributed by atoms with E-state index >= 15 is 0 Å². The first-order chi connectivity index (χ1) is 21.2. The largest absolute Gasteiger partial charge is 0.494 e. The summed E-state index contributed by atoms with van der Waals surface area (Å²) >= 11 is 0. The quantitative estimate of drug-likeness (QED) is 0.348. The van der Waals surface area contributed by atoms with Crippen molar-refractivity contribution in [3.05, 3.63) is 65.7 Å². The summed E-state index contributed by atoms with van der Waals surface area (Å²) in [5, 5.41) is 4.60. The molecule has 0 amide bonds. The molecule has 13 heteroatoms. The number of aromatic nitrogens is 2. The molecule has 1 atom stereocenters. The summed E-state index contributed by atoms with van der Waals surface area (Å²) in [6, 6.07) is 10.7. The average Bonchev–Trinajstić information content (AvgIpc) is 3.51. The van der Waals surface area contributed by atoms with Crippen LogP contribution < -0.4 is 20.0 Å². The van der Waals surface area contributed by atoms with Gasteiger partial charge in [0.25, 0.3) is 0 Å². The van der Waals surface area contributed by atoms with Gasteiger partial charge >= 0.3 is 6.18 Å². The van der Waals surface area contributed by atoms with E-state index in [1.54, 1.807) is 13.2 Å². The number of hydrogen-bond donors (Lipinski definition) is 1. The Bertz CT molecular complexity index is 1440. The zero-order valence-corrected chi connectivity index (χ0v) is 24.9. The number of anilines is 4. The predicted octanol–water partition coefficient (Wildman–Crippen LogP) is 5.49. The molecule has 9 nitrogen and oxygen atoms in total. The van der Waals surface area contributed by atoms with E-state index in [9.17, 15) is 17.6 Å². The summed E-state index contributed by atoms with van der Waals surface area (Å²) in [7, 11) is 3.79. The van der Waals surface area contributed by atoms with Crippen LogP contribution in [0.3, 0.4) is 0 Å². The number of halogens is 4. The Hall–Kier alpha value is -3.68. The molecule has 1 N–H and O–H groups in total. The van der Waals surface area contributed by atoms with Gasteiger partial charge in [-0.05, 0) is 38.1 Å². The van der Waals surface area contributed by atoms with Gasteiger partial charge in [-0.1, -0.05) is 12.1 Å². The second-order valence-electron chi connectivity index (χ2n) is 11.5. The Labute approximate surface area is 254 Å². The fraction of sp³-hybridized carbons (Fsp3) is 0.484. The van der Waals surface area contributed by atoms with E-state index in [0.29, 0.717) is 35.5 Å². The van der Waals surface area contributed by atoms with Crippen LogP contribution in [0.2, 0.25) is 0 Å². The number of benzene rings is 2. The number of piperazine rings is 1. The van der Waals surface area contributed by atoms with Crippen molar-refractivity contribution in [2.75, 3.05) is 75.3 Å². The van der Waals surface area contributed by atoms with Gasteiger partial charge in [-0.3, -0.25) is 9.74 Å². The highest BCUT2D eigenvalue weighted by Crippen LogP contribution is 2.40. The smallest absolute Gasteiger partial charge is 0.419 e. The maximum absolute atomic E-state index is 15.0. The van der Waals surface area contributed by atoms with E-state index < -0.39 is 23.6 Å². The highest BCUT2D eigenvalue weighted by atomic mass is 19.4. The summed E-state index contributed by atoms with van der Waals surface area (Å²) in [4.78, 5) is 21.7. The molecular weight excluding hydrogens is 578 g/mol. The highest BCUT2D eigenvalue weighted by molar-refractivity contribution is 5.70. The Morgan fingerprint density at radius 2 is 1.73 bits per heavy atom. The van der Waals surface area contributed by atoms with Crippen molar-refractivity contribution >= 4 is 23.0 Å². The fourth-order valence-electron chi connectivity index (χ4n) is 6.33. The van der Waals surface area contributed by atoms with Gasteiger partial charge in [0, 0.05) is 75.1 Å². The van der Waals surface area contributed by atoms with Crippen LogP contribution in [-0.4, -0.2) is 85.8 Å². The molecule has 3 fully saturated rings. The van der Waals surface area contributed by atoms with E-state index in [-0.39, 0.29) is 12.2 Å². The minimum atomic E-state index is -4.80.